The van der Waals surface area contributed by atoms with Crippen LogP contribution in [0.4, 0.5) is 0 Å². The Bertz CT molecular complexity index is 668. The van der Waals surface area contributed by atoms with Gasteiger partial charge in [-0.3, -0.25) is 4.79 Å². The largest absolute Gasteiger partial charge is 0.332 e. The molecule has 0 aliphatic carbocycles. The van der Waals surface area contributed by atoms with Gasteiger partial charge in [0.15, 0.2) is 9.84 Å². The maximum atomic E-state index is 12.6. The van der Waals surface area contributed by atoms with E-state index in [1.165, 1.54) is 0 Å². The van der Waals surface area contributed by atoms with Gasteiger partial charge < -0.3 is 10.2 Å². The van der Waals surface area contributed by atoms with E-state index >= 15 is 0 Å². The highest BCUT2D eigenvalue weighted by Crippen LogP contribution is 2.25. The molecule has 1 N–H and O–H groups in total. The third-order valence-electron chi connectivity index (χ3n) is 4.20. The lowest BCUT2D eigenvalue weighted by atomic mass is 10.0. The van der Waals surface area contributed by atoms with Crippen molar-refractivity contribution in [3.05, 3.63) is 34.9 Å². The highest BCUT2D eigenvalue weighted by atomic mass is 35.5. The van der Waals surface area contributed by atoms with E-state index in [0.29, 0.717) is 31.1 Å². The van der Waals surface area contributed by atoms with Crippen LogP contribution in [0.25, 0.3) is 0 Å². The molecule has 1 aromatic rings. The highest BCUT2D eigenvalue weighted by molar-refractivity contribution is 7.92. The van der Waals surface area contributed by atoms with Crippen molar-refractivity contribution in [1.29, 1.82) is 0 Å². The molecule has 1 aliphatic rings. The molecule has 1 aromatic carbocycles. The van der Waals surface area contributed by atoms with Gasteiger partial charge in [0.25, 0.3) is 0 Å². The number of nitrogens with zero attached hydrogens (tertiary/aromatic N) is 1. The second-order valence-electron chi connectivity index (χ2n) is 6.16. The van der Waals surface area contributed by atoms with Gasteiger partial charge in [-0.25, -0.2) is 8.42 Å². The maximum absolute atomic E-state index is 12.6. The Kier molecular flexibility index (Phi) is 9.21. The van der Waals surface area contributed by atoms with Gasteiger partial charge >= 0.3 is 0 Å². The Hall–Kier alpha value is -0.820. The van der Waals surface area contributed by atoms with Gasteiger partial charge in [0, 0.05) is 24.7 Å². The minimum Gasteiger partial charge on any atom is -0.332 e. The fraction of sp³-hybridized carbons (Fsp3) is 0.588. The van der Waals surface area contributed by atoms with E-state index in [1.807, 2.05) is 25.1 Å². The first-order chi connectivity index (χ1) is 11.4. The Balaban J connectivity index is 0.00000312. The Morgan fingerprint density at radius 2 is 2.12 bits per heavy atom. The van der Waals surface area contributed by atoms with E-state index in [9.17, 15) is 13.2 Å². The Morgan fingerprint density at radius 1 is 1.36 bits per heavy atom. The van der Waals surface area contributed by atoms with Crippen molar-refractivity contribution in [3.63, 3.8) is 0 Å². The van der Waals surface area contributed by atoms with Crippen molar-refractivity contribution in [2.45, 2.75) is 32.2 Å². The van der Waals surface area contributed by atoms with Gasteiger partial charge in [-0.1, -0.05) is 43.5 Å². The van der Waals surface area contributed by atoms with Gasteiger partial charge in [-0.2, -0.15) is 0 Å². The molecule has 25 heavy (non-hydrogen) atoms. The Morgan fingerprint density at radius 3 is 2.80 bits per heavy atom. The van der Waals surface area contributed by atoms with Crippen molar-refractivity contribution in [2.75, 3.05) is 31.1 Å². The summed E-state index contributed by atoms with van der Waals surface area (Å²) >= 11 is 6.05. The predicted octanol–water partition coefficient (Wildman–Crippen LogP) is 2.84. The summed E-state index contributed by atoms with van der Waals surface area (Å²) in [5.74, 6) is -0.646. The van der Waals surface area contributed by atoms with Crippen LogP contribution in [0.3, 0.4) is 0 Å². The third-order valence-corrected chi connectivity index (χ3v) is 6.03. The monoisotopic (exact) mass is 408 g/mol. The number of benzene rings is 1. The molecule has 1 heterocycles. The van der Waals surface area contributed by atoms with Crippen molar-refractivity contribution < 1.29 is 13.2 Å². The minimum atomic E-state index is -3.35. The summed E-state index contributed by atoms with van der Waals surface area (Å²) in [5.41, 5.74) is 0.923. The van der Waals surface area contributed by atoms with E-state index < -0.39 is 15.6 Å². The fourth-order valence-corrected chi connectivity index (χ4v) is 4.46. The van der Waals surface area contributed by atoms with Crippen LogP contribution in [0, 0.1) is 0 Å². The molecule has 2 rings (SSSR count). The van der Waals surface area contributed by atoms with Crippen LogP contribution >= 0.6 is 24.0 Å². The third kappa shape index (κ3) is 6.77. The van der Waals surface area contributed by atoms with Crippen molar-refractivity contribution in [1.82, 2.24) is 10.2 Å². The topological polar surface area (TPSA) is 66.5 Å². The molecular weight excluding hydrogens is 383 g/mol. The summed E-state index contributed by atoms with van der Waals surface area (Å²) in [7, 11) is -3.35. The lowest BCUT2D eigenvalue weighted by Gasteiger charge is -2.36. The normalized spacial score (nSPS) is 17.8. The second kappa shape index (κ2) is 10.4. The van der Waals surface area contributed by atoms with Crippen molar-refractivity contribution in [3.8, 4) is 0 Å². The summed E-state index contributed by atoms with van der Waals surface area (Å²) in [6, 6.07) is 7.19. The average molecular weight is 409 g/mol. The number of rotatable bonds is 7. The van der Waals surface area contributed by atoms with E-state index in [-0.39, 0.29) is 30.1 Å². The number of piperazine rings is 1. The number of unbranched alkanes of at least 4 members (excludes halogenated alkanes) is 2. The standard InChI is InChI=1S/C17H25ClN2O3S.ClH/c1-2-3-4-10-24(22,23)13-17(21)20-9-8-19-12-16(20)14-6-5-7-15(18)11-14;/h5-7,11,16,19H,2-4,8-10,12-13H2,1H3;1H. The second-order valence-corrected chi connectivity index (χ2v) is 8.78. The molecule has 1 fully saturated rings. The van der Waals surface area contributed by atoms with Crippen LogP contribution < -0.4 is 5.32 Å². The maximum Gasteiger partial charge on any atom is 0.238 e. The molecular formula is C17H26Cl2N2O3S. The zero-order valence-electron chi connectivity index (χ0n) is 14.4. The number of halogens is 2. The quantitative estimate of drug-likeness (QED) is 0.704. The number of carbonyl (C=O) groups is 1. The smallest absolute Gasteiger partial charge is 0.238 e. The van der Waals surface area contributed by atoms with Gasteiger partial charge in [0.1, 0.15) is 5.75 Å². The van der Waals surface area contributed by atoms with Crippen molar-refractivity contribution in [2.24, 2.45) is 0 Å². The predicted molar refractivity (Wildman–Crippen MR) is 104 cm³/mol. The molecule has 0 spiro atoms. The molecule has 0 bridgehead atoms. The molecule has 8 heteroatoms. The summed E-state index contributed by atoms with van der Waals surface area (Å²) < 4.78 is 24.3. The van der Waals surface area contributed by atoms with E-state index in [2.05, 4.69) is 5.32 Å². The minimum absolute atomic E-state index is 0. The fourth-order valence-electron chi connectivity index (χ4n) is 2.93. The molecule has 1 atom stereocenters. The lowest BCUT2D eigenvalue weighted by Crippen LogP contribution is -2.50. The van der Waals surface area contributed by atoms with E-state index in [4.69, 9.17) is 11.6 Å². The highest BCUT2D eigenvalue weighted by Gasteiger charge is 2.30. The number of amides is 1. The van der Waals surface area contributed by atoms with Gasteiger partial charge in [-0.05, 0) is 24.1 Å². The van der Waals surface area contributed by atoms with Crippen LogP contribution in [0.1, 0.15) is 37.8 Å². The summed E-state index contributed by atoms with van der Waals surface area (Å²) in [6.45, 7) is 3.79. The lowest BCUT2D eigenvalue weighted by molar-refractivity contribution is -0.131. The van der Waals surface area contributed by atoms with Crippen LogP contribution in [-0.4, -0.2) is 50.4 Å². The first-order valence-electron chi connectivity index (χ1n) is 8.39. The molecule has 0 saturated carbocycles. The molecule has 5 nitrogen and oxygen atoms in total. The van der Waals surface area contributed by atoms with Crippen LogP contribution in [-0.2, 0) is 14.6 Å². The van der Waals surface area contributed by atoms with Crippen molar-refractivity contribution >= 4 is 39.8 Å². The average Bonchev–Trinajstić information content (AvgIpc) is 2.54. The zero-order chi connectivity index (χ0) is 17.6. The van der Waals surface area contributed by atoms with Gasteiger partial charge in [0.05, 0.1) is 11.8 Å². The molecule has 0 radical (unpaired) electrons. The van der Waals surface area contributed by atoms with Gasteiger partial charge in [0.2, 0.25) is 5.91 Å². The first-order valence-corrected chi connectivity index (χ1v) is 10.6. The summed E-state index contributed by atoms with van der Waals surface area (Å²) in [5, 5.41) is 3.86. The number of carbonyl (C=O) groups excluding carboxylic acids is 1. The van der Waals surface area contributed by atoms with E-state index in [0.717, 1.165) is 18.4 Å². The number of nitrogens with one attached hydrogen (secondary N) is 1. The molecule has 1 saturated heterocycles. The molecule has 1 unspecified atom stereocenters. The first kappa shape index (κ1) is 22.2. The van der Waals surface area contributed by atoms with E-state index in [1.54, 1.807) is 11.0 Å². The number of hydrogen-bond donors (Lipinski definition) is 1. The SMILES string of the molecule is CCCCCS(=O)(=O)CC(=O)N1CCNCC1c1cccc(Cl)c1.Cl. The Labute approximate surface area is 161 Å². The molecule has 1 aliphatic heterocycles. The van der Waals surface area contributed by atoms with Crippen LogP contribution in [0.2, 0.25) is 5.02 Å². The molecule has 0 aromatic heterocycles. The summed E-state index contributed by atoms with van der Waals surface area (Å²) in [6.07, 6.45) is 2.44. The van der Waals surface area contributed by atoms with Crippen LogP contribution in [0.15, 0.2) is 24.3 Å². The van der Waals surface area contributed by atoms with Crippen LogP contribution in [0.5, 0.6) is 0 Å². The molecule has 142 valence electrons. The molecule has 1 amide bonds. The zero-order valence-corrected chi connectivity index (χ0v) is 16.8. The van der Waals surface area contributed by atoms with Gasteiger partial charge in [-0.15, -0.1) is 12.4 Å². The summed E-state index contributed by atoms with van der Waals surface area (Å²) in [4.78, 5) is 14.3. The number of hydrogen-bond acceptors (Lipinski definition) is 4. The number of sulfone groups is 1.